The molecule has 0 fully saturated rings. The lowest BCUT2D eigenvalue weighted by Gasteiger charge is -2.07. The third-order valence-corrected chi connectivity index (χ3v) is 6.99. The van der Waals surface area contributed by atoms with Gasteiger partial charge in [0.05, 0.1) is 20.1 Å². The Morgan fingerprint density at radius 2 is 2.03 bits per heavy atom. The third-order valence-electron chi connectivity index (χ3n) is 4.29. The summed E-state index contributed by atoms with van der Waals surface area (Å²) in [5.74, 6) is 0.332. The SMILES string of the molecule is CC(=O)NS(=O)(=O)c1ccc(Cl)c(-c2ccc(CC=NNc3nc4ccccc4s3)o2)c1. The third kappa shape index (κ3) is 4.98. The number of fused-ring (bicyclic) bond motifs is 1. The van der Waals surface area contributed by atoms with Crippen molar-refractivity contribution in [2.24, 2.45) is 5.10 Å². The number of aromatic nitrogens is 1. The minimum absolute atomic E-state index is 0.0911. The zero-order chi connectivity index (χ0) is 22.7. The zero-order valence-corrected chi connectivity index (χ0v) is 19.1. The van der Waals surface area contributed by atoms with E-state index in [0.29, 0.717) is 33.7 Å². The van der Waals surface area contributed by atoms with Gasteiger partial charge in [0, 0.05) is 25.1 Å². The van der Waals surface area contributed by atoms with Crippen LogP contribution in [0.1, 0.15) is 12.7 Å². The summed E-state index contributed by atoms with van der Waals surface area (Å²) in [6.07, 6.45) is 2.05. The zero-order valence-electron chi connectivity index (χ0n) is 16.7. The fraction of sp³-hybridized carbons (Fsp3) is 0.0952. The van der Waals surface area contributed by atoms with Crippen LogP contribution in [0.2, 0.25) is 5.02 Å². The summed E-state index contributed by atoms with van der Waals surface area (Å²) < 4.78 is 33.3. The lowest BCUT2D eigenvalue weighted by Crippen LogP contribution is -2.28. The van der Waals surface area contributed by atoms with Crippen molar-refractivity contribution in [3.63, 3.8) is 0 Å². The number of hydrogen-bond acceptors (Lipinski definition) is 8. The number of amides is 1. The van der Waals surface area contributed by atoms with Gasteiger partial charge in [-0.2, -0.15) is 5.10 Å². The van der Waals surface area contributed by atoms with Gasteiger partial charge in [-0.15, -0.1) is 0 Å². The molecule has 0 saturated heterocycles. The molecule has 0 unspecified atom stereocenters. The number of hydrogen-bond donors (Lipinski definition) is 2. The van der Waals surface area contributed by atoms with Crippen molar-refractivity contribution in [1.82, 2.24) is 9.71 Å². The van der Waals surface area contributed by atoms with Gasteiger partial charge >= 0.3 is 0 Å². The highest BCUT2D eigenvalue weighted by molar-refractivity contribution is 7.90. The summed E-state index contributed by atoms with van der Waals surface area (Å²) in [6, 6.07) is 15.4. The number of para-hydroxylation sites is 1. The minimum Gasteiger partial charge on any atom is -0.461 e. The van der Waals surface area contributed by atoms with Crippen molar-refractivity contribution >= 4 is 60.4 Å². The Morgan fingerprint density at radius 1 is 1.22 bits per heavy atom. The van der Waals surface area contributed by atoms with Crippen molar-refractivity contribution in [1.29, 1.82) is 0 Å². The quantitative estimate of drug-likeness (QED) is 0.288. The first kappa shape index (κ1) is 22.0. The molecule has 4 aromatic rings. The van der Waals surface area contributed by atoms with Gasteiger partial charge in [-0.3, -0.25) is 10.2 Å². The highest BCUT2D eigenvalue weighted by Crippen LogP contribution is 2.32. The Morgan fingerprint density at radius 3 is 2.81 bits per heavy atom. The summed E-state index contributed by atoms with van der Waals surface area (Å²) >= 11 is 7.74. The molecule has 2 aromatic carbocycles. The smallest absolute Gasteiger partial charge is 0.264 e. The molecule has 11 heteroatoms. The van der Waals surface area contributed by atoms with Crippen LogP contribution in [0.15, 0.2) is 69.0 Å². The second-order valence-electron chi connectivity index (χ2n) is 6.68. The van der Waals surface area contributed by atoms with E-state index in [-0.39, 0.29) is 4.90 Å². The van der Waals surface area contributed by atoms with Crippen LogP contribution in [0.4, 0.5) is 5.13 Å². The Hall–Kier alpha value is -3.21. The monoisotopic (exact) mass is 488 g/mol. The number of furan rings is 1. The first-order chi connectivity index (χ1) is 15.3. The highest BCUT2D eigenvalue weighted by Gasteiger charge is 2.19. The molecule has 0 aliphatic rings. The number of hydrazone groups is 1. The van der Waals surface area contributed by atoms with Crippen LogP contribution in [0.5, 0.6) is 0 Å². The van der Waals surface area contributed by atoms with E-state index in [0.717, 1.165) is 17.1 Å². The molecule has 164 valence electrons. The van der Waals surface area contributed by atoms with E-state index in [1.807, 2.05) is 29.0 Å². The van der Waals surface area contributed by atoms with E-state index < -0.39 is 15.9 Å². The molecule has 4 rings (SSSR count). The number of anilines is 1. The second-order valence-corrected chi connectivity index (χ2v) is 9.80. The number of nitrogens with one attached hydrogen (secondary N) is 2. The molecule has 1 amide bonds. The van der Waals surface area contributed by atoms with Crippen molar-refractivity contribution in [3.8, 4) is 11.3 Å². The van der Waals surface area contributed by atoms with Crippen molar-refractivity contribution in [2.75, 3.05) is 5.43 Å². The summed E-state index contributed by atoms with van der Waals surface area (Å²) in [6.45, 7) is 1.13. The van der Waals surface area contributed by atoms with Gasteiger partial charge in [-0.25, -0.2) is 18.1 Å². The molecule has 0 spiro atoms. The molecule has 0 saturated carbocycles. The molecule has 0 aliphatic carbocycles. The Bertz CT molecular complexity index is 1390. The lowest BCUT2D eigenvalue weighted by atomic mass is 10.2. The van der Waals surface area contributed by atoms with E-state index in [2.05, 4.69) is 15.5 Å². The average molecular weight is 489 g/mol. The fourth-order valence-corrected chi connectivity index (χ4v) is 4.94. The molecular weight excluding hydrogens is 472 g/mol. The Kier molecular flexibility index (Phi) is 6.26. The molecular formula is C21H17ClN4O4S2. The van der Waals surface area contributed by atoms with Crippen molar-refractivity contribution < 1.29 is 17.6 Å². The van der Waals surface area contributed by atoms with Crippen molar-refractivity contribution in [2.45, 2.75) is 18.2 Å². The first-order valence-corrected chi connectivity index (χ1v) is 12.0. The van der Waals surface area contributed by atoms with Crippen LogP contribution in [0.25, 0.3) is 21.5 Å². The summed E-state index contributed by atoms with van der Waals surface area (Å²) in [7, 11) is -3.99. The molecule has 32 heavy (non-hydrogen) atoms. The maximum Gasteiger partial charge on any atom is 0.264 e. The van der Waals surface area contributed by atoms with Crippen LogP contribution in [0, 0.1) is 0 Å². The summed E-state index contributed by atoms with van der Waals surface area (Å²) in [5, 5.41) is 5.18. The molecule has 0 radical (unpaired) electrons. The van der Waals surface area contributed by atoms with Crippen LogP contribution >= 0.6 is 22.9 Å². The van der Waals surface area contributed by atoms with E-state index in [9.17, 15) is 13.2 Å². The largest absolute Gasteiger partial charge is 0.461 e. The second kappa shape index (κ2) is 9.11. The molecule has 0 atom stereocenters. The molecule has 2 N–H and O–H groups in total. The van der Waals surface area contributed by atoms with Gasteiger partial charge in [0.15, 0.2) is 0 Å². The summed E-state index contributed by atoms with van der Waals surface area (Å²) in [4.78, 5) is 15.5. The average Bonchev–Trinajstić information content (AvgIpc) is 3.37. The maximum atomic E-state index is 12.3. The van der Waals surface area contributed by atoms with Gasteiger partial charge < -0.3 is 4.42 Å². The number of halogens is 1. The number of rotatable bonds is 7. The van der Waals surface area contributed by atoms with Gasteiger partial charge in [-0.1, -0.05) is 35.1 Å². The first-order valence-electron chi connectivity index (χ1n) is 9.37. The number of nitrogens with zero attached hydrogens (tertiary/aromatic N) is 2. The van der Waals surface area contributed by atoms with Crippen LogP contribution < -0.4 is 10.1 Å². The van der Waals surface area contributed by atoms with Gasteiger partial charge in [0.25, 0.3) is 10.0 Å². The fourth-order valence-electron chi connectivity index (χ4n) is 2.90. The maximum absolute atomic E-state index is 12.3. The van der Waals surface area contributed by atoms with Crippen LogP contribution in [0.3, 0.4) is 0 Å². The lowest BCUT2D eigenvalue weighted by molar-refractivity contribution is -0.117. The van der Waals surface area contributed by atoms with Crippen molar-refractivity contribution in [3.05, 3.63) is 65.4 Å². The standard InChI is InChI=1S/C21H17ClN4O4S2/c1-13(27)26-32(28,29)15-7-8-17(22)16(12-15)19-9-6-14(30-19)10-11-23-25-21-24-18-4-2-3-5-20(18)31-21/h2-9,11-12H,10H2,1H3,(H,24,25)(H,26,27). The number of benzene rings is 2. The number of carbonyl (C=O) groups is 1. The minimum atomic E-state index is -3.99. The van der Waals surface area contributed by atoms with Gasteiger partial charge in [0.1, 0.15) is 11.5 Å². The number of carbonyl (C=O) groups excluding carboxylic acids is 1. The molecule has 2 heterocycles. The number of sulfonamides is 1. The molecule has 2 aromatic heterocycles. The molecule has 8 nitrogen and oxygen atoms in total. The predicted octanol–water partition coefficient (Wildman–Crippen LogP) is 4.67. The number of thiazole rings is 1. The van der Waals surface area contributed by atoms with Crippen LogP contribution in [-0.2, 0) is 21.2 Å². The van der Waals surface area contributed by atoms with E-state index in [1.165, 1.54) is 29.5 Å². The van der Waals surface area contributed by atoms with E-state index in [4.69, 9.17) is 16.0 Å². The highest BCUT2D eigenvalue weighted by atomic mass is 35.5. The summed E-state index contributed by atoms with van der Waals surface area (Å²) in [5.41, 5.74) is 4.21. The van der Waals surface area contributed by atoms with E-state index in [1.54, 1.807) is 18.3 Å². The Labute approximate surface area is 193 Å². The van der Waals surface area contributed by atoms with Gasteiger partial charge in [0.2, 0.25) is 11.0 Å². The predicted molar refractivity (Wildman–Crippen MR) is 126 cm³/mol. The normalized spacial score (nSPS) is 11.8. The molecule has 0 aliphatic heterocycles. The van der Waals surface area contributed by atoms with Gasteiger partial charge in [-0.05, 0) is 42.5 Å². The topological polar surface area (TPSA) is 114 Å². The van der Waals surface area contributed by atoms with E-state index >= 15 is 0 Å². The van der Waals surface area contributed by atoms with Crippen LogP contribution in [-0.4, -0.2) is 25.5 Å². The Balaban J connectivity index is 1.46. The molecule has 0 bridgehead atoms.